The number of carbonyl (C=O) groups excluding carboxylic acids is 1. The summed E-state index contributed by atoms with van der Waals surface area (Å²) in [4.78, 5) is 15.0. The quantitative estimate of drug-likeness (QED) is 0.611. The van der Waals surface area contributed by atoms with Crippen molar-refractivity contribution in [2.45, 2.75) is 12.5 Å². The van der Waals surface area contributed by atoms with E-state index in [1.165, 1.54) is 6.20 Å². The fourth-order valence-electron chi connectivity index (χ4n) is 1.28. The monoisotopic (exact) mass is 286 g/mol. The van der Waals surface area contributed by atoms with Gasteiger partial charge in [0, 0.05) is 10.7 Å². The van der Waals surface area contributed by atoms with Crippen LogP contribution in [0.4, 0.5) is 0 Å². The molecule has 15 heavy (non-hydrogen) atoms. The Morgan fingerprint density at radius 1 is 1.60 bits per heavy atom. The molecule has 1 saturated heterocycles. The summed E-state index contributed by atoms with van der Waals surface area (Å²) in [5, 5.41) is 0.476. The fourth-order valence-corrected chi connectivity index (χ4v) is 3.69. The zero-order chi connectivity index (χ0) is 11.2. The van der Waals surface area contributed by atoms with Gasteiger partial charge in [-0.2, -0.15) is 8.42 Å². The van der Waals surface area contributed by atoms with Gasteiger partial charge in [0.05, 0.1) is 12.6 Å². The molecule has 1 aromatic rings. The van der Waals surface area contributed by atoms with E-state index in [4.69, 9.17) is 22.3 Å². The van der Waals surface area contributed by atoms with E-state index < -0.39 is 21.2 Å². The Labute approximate surface area is 99.2 Å². The van der Waals surface area contributed by atoms with Crippen LogP contribution in [0.2, 0.25) is 4.34 Å². The van der Waals surface area contributed by atoms with Crippen LogP contribution in [0, 0.1) is 0 Å². The Bertz CT molecular complexity index is 512. The zero-order valence-electron chi connectivity index (χ0n) is 7.05. The molecule has 0 spiro atoms. The molecular formula is C6H4Cl2N2O3S2. The SMILES string of the molecule is O=C1CC(c2ncc(Cl)s2)N1S(=O)(=O)Cl. The van der Waals surface area contributed by atoms with Crippen LogP contribution in [0.5, 0.6) is 0 Å². The van der Waals surface area contributed by atoms with E-state index >= 15 is 0 Å². The van der Waals surface area contributed by atoms with Crippen LogP contribution in [0.1, 0.15) is 17.5 Å². The molecule has 1 unspecified atom stereocenters. The third-order valence-corrected chi connectivity index (χ3v) is 4.50. The minimum Gasteiger partial charge on any atom is -0.274 e. The Morgan fingerprint density at radius 3 is 2.67 bits per heavy atom. The molecule has 2 heterocycles. The first-order valence-electron chi connectivity index (χ1n) is 3.77. The van der Waals surface area contributed by atoms with Crippen molar-refractivity contribution >= 4 is 48.8 Å². The van der Waals surface area contributed by atoms with Gasteiger partial charge in [0.1, 0.15) is 15.4 Å². The van der Waals surface area contributed by atoms with Gasteiger partial charge < -0.3 is 0 Å². The standard InChI is InChI=1S/C6H4Cl2N2O3S2/c7-4-2-9-6(14-4)3-1-5(11)10(3)15(8,12)13/h2-3H,1H2. The number of thiazole rings is 1. The molecule has 1 aliphatic rings. The largest absolute Gasteiger partial charge is 0.324 e. The molecule has 1 aromatic heterocycles. The maximum absolute atomic E-state index is 11.1. The zero-order valence-corrected chi connectivity index (χ0v) is 10.2. The van der Waals surface area contributed by atoms with Gasteiger partial charge in [0.15, 0.2) is 0 Å². The van der Waals surface area contributed by atoms with Gasteiger partial charge in [-0.1, -0.05) is 11.6 Å². The molecule has 0 radical (unpaired) electrons. The summed E-state index contributed by atoms with van der Waals surface area (Å²) in [6.45, 7) is 0. The first kappa shape index (κ1) is 11.1. The third kappa shape index (κ3) is 1.96. The van der Waals surface area contributed by atoms with Gasteiger partial charge in [-0.15, -0.1) is 11.3 Å². The van der Waals surface area contributed by atoms with E-state index in [-0.39, 0.29) is 6.42 Å². The molecule has 1 fully saturated rings. The molecular weight excluding hydrogens is 283 g/mol. The maximum Gasteiger partial charge on any atom is 0.324 e. The molecule has 1 amide bonds. The molecule has 5 nitrogen and oxygen atoms in total. The lowest BCUT2D eigenvalue weighted by atomic mass is 10.1. The van der Waals surface area contributed by atoms with Crippen molar-refractivity contribution in [3.05, 3.63) is 15.5 Å². The minimum absolute atomic E-state index is 0.0930. The van der Waals surface area contributed by atoms with Gasteiger partial charge in [-0.3, -0.25) is 4.79 Å². The van der Waals surface area contributed by atoms with E-state index in [9.17, 15) is 13.2 Å². The summed E-state index contributed by atoms with van der Waals surface area (Å²) in [6, 6.07) is -0.600. The number of halogens is 2. The fraction of sp³-hybridized carbons (Fsp3) is 0.333. The number of aromatic nitrogens is 1. The summed E-state index contributed by atoms with van der Waals surface area (Å²) >= 11 is 6.78. The molecule has 0 aliphatic carbocycles. The first-order valence-corrected chi connectivity index (χ1v) is 7.24. The van der Waals surface area contributed by atoms with Crippen molar-refractivity contribution in [2.24, 2.45) is 0 Å². The smallest absolute Gasteiger partial charge is 0.274 e. The van der Waals surface area contributed by atoms with Crippen molar-refractivity contribution < 1.29 is 13.2 Å². The van der Waals surface area contributed by atoms with Crippen LogP contribution in [0.15, 0.2) is 6.20 Å². The van der Waals surface area contributed by atoms with Crippen molar-refractivity contribution in [1.29, 1.82) is 0 Å². The molecule has 2 rings (SSSR count). The summed E-state index contributed by atoms with van der Waals surface area (Å²) < 4.78 is 23.1. The number of carbonyl (C=O) groups is 1. The predicted octanol–water partition coefficient (Wildman–Crippen LogP) is 1.55. The molecule has 0 bridgehead atoms. The Morgan fingerprint density at radius 2 is 2.27 bits per heavy atom. The van der Waals surface area contributed by atoms with Crippen LogP contribution < -0.4 is 0 Å². The summed E-state index contributed by atoms with van der Waals surface area (Å²) in [5.74, 6) is -0.527. The van der Waals surface area contributed by atoms with E-state index in [1.54, 1.807) is 0 Å². The topological polar surface area (TPSA) is 67.3 Å². The second-order valence-electron chi connectivity index (χ2n) is 2.85. The van der Waals surface area contributed by atoms with Gasteiger partial charge in [0.25, 0.3) is 0 Å². The number of nitrogens with zero attached hydrogens (tertiary/aromatic N) is 2. The minimum atomic E-state index is -4.02. The summed E-state index contributed by atoms with van der Waals surface area (Å²) in [5.41, 5.74) is 0. The van der Waals surface area contributed by atoms with Gasteiger partial charge in [0.2, 0.25) is 5.91 Å². The average molecular weight is 287 g/mol. The maximum atomic E-state index is 11.1. The number of hydrogen-bond donors (Lipinski definition) is 0. The van der Waals surface area contributed by atoms with Gasteiger partial charge >= 0.3 is 9.24 Å². The lowest BCUT2D eigenvalue weighted by Gasteiger charge is -2.35. The third-order valence-electron chi connectivity index (χ3n) is 1.91. The van der Waals surface area contributed by atoms with E-state index in [0.717, 1.165) is 11.3 Å². The van der Waals surface area contributed by atoms with Crippen molar-refractivity contribution in [3.63, 3.8) is 0 Å². The molecule has 0 N–H and O–H groups in total. The lowest BCUT2D eigenvalue weighted by Crippen LogP contribution is -2.47. The number of β-lactam (4-membered cyclic amide) rings is 1. The van der Waals surface area contributed by atoms with E-state index in [0.29, 0.717) is 13.6 Å². The summed E-state index contributed by atoms with van der Waals surface area (Å²) in [6.07, 6.45) is 1.50. The Hall–Kier alpha value is -0.370. The van der Waals surface area contributed by atoms with E-state index in [1.807, 2.05) is 0 Å². The second-order valence-corrected chi connectivity index (χ2v) is 6.94. The Balaban J connectivity index is 2.30. The number of amides is 1. The van der Waals surface area contributed by atoms with Gasteiger partial charge in [-0.25, -0.2) is 9.29 Å². The summed E-state index contributed by atoms with van der Waals surface area (Å²) in [7, 11) is 1.08. The highest BCUT2D eigenvalue weighted by atomic mass is 35.7. The highest BCUT2D eigenvalue weighted by molar-refractivity contribution is 8.12. The molecule has 0 aromatic carbocycles. The van der Waals surface area contributed by atoms with Crippen molar-refractivity contribution in [3.8, 4) is 0 Å². The average Bonchev–Trinajstić information content (AvgIpc) is 2.43. The predicted molar refractivity (Wildman–Crippen MR) is 56.1 cm³/mol. The van der Waals surface area contributed by atoms with Crippen LogP contribution in [-0.4, -0.2) is 23.6 Å². The van der Waals surface area contributed by atoms with Crippen molar-refractivity contribution in [2.75, 3.05) is 0 Å². The number of rotatable bonds is 2. The van der Waals surface area contributed by atoms with Crippen LogP contribution >= 0.6 is 33.6 Å². The van der Waals surface area contributed by atoms with Crippen LogP contribution in [0.3, 0.4) is 0 Å². The Kier molecular flexibility index (Phi) is 2.66. The molecule has 0 saturated carbocycles. The molecule has 1 atom stereocenters. The second kappa shape index (κ2) is 3.58. The van der Waals surface area contributed by atoms with Crippen molar-refractivity contribution in [1.82, 2.24) is 9.29 Å². The normalized spacial score (nSPS) is 21.6. The highest BCUT2D eigenvalue weighted by Gasteiger charge is 2.46. The lowest BCUT2D eigenvalue weighted by molar-refractivity contribution is -0.137. The number of hydrogen-bond acceptors (Lipinski definition) is 5. The first-order chi connectivity index (χ1) is 6.89. The highest BCUT2D eigenvalue weighted by Crippen LogP contribution is 2.40. The van der Waals surface area contributed by atoms with Gasteiger partial charge in [-0.05, 0) is 0 Å². The molecule has 1 aliphatic heterocycles. The van der Waals surface area contributed by atoms with E-state index in [2.05, 4.69) is 4.98 Å². The van der Waals surface area contributed by atoms with Crippen LogP contribution in [0.25, 0.3) is 0 Å². The molecule has 9 heteroatoms. The van der Waals surface area contributed by atoms with Crippen LogP contribution in [-0.2, 0) is 14.0 Å². The molecule has 82 valence electrons.